The normalized spacial score (nSPS) is 11.0. The second-order valence-corrected chi connectivity index (χ2v) is 5.14. The standard InChI is InChI=1S/C14H10BrNO3/c15-11-1-2-12-9(7-11)3-5-16(12)8-10-4-6-19-13(10)14(17)18/h1-7H,8H2,(H,17,18). The highest BCUT2D eigenvalue weighted by molar-refractivity contribution is 9.10. The number of benzene rings is 1. The fourth-order valence-electron chi connectivity index (χ4n) is 2.14. The van der Waals surface area contributed by atoms with Crippen LogP contribution in [0.2, 0.25) is 0 Å². The van der Waals surface area contributed by atoms with Crippen LogP contribution in [0.15, 0.2) is 51.7 Å². The number of hydrogen-bond donors (Lipinski definition) is 1. The number of rotatable bonds is 3. The Kier molecular flexibility index (Phi) is 2.91. The summed E-state index contributed by atoms with van der Waals surface area (Å²) in [5.74, 6) is -1.04. The zero-order chi connectivity index (χ0) is 13.4. The molecular formula is C14H10BrNO3. The van der Waals surface area contributed by atoms with Crippen LogP contribution in [0.3, 0.4) is 0 Å². The molecule has 0 aliphatic carbocycles. The predicted molar refractivity (Wildman–Crippen MR) is 74.4 cm³/mol. The molecule has 4 nitrogen and oxygen atoms in total. The van der Waals surface area contributed by atoms with Gasteiger partial charge >= 0.3 is 5.97 Å². The molecule has 2 aromatic heterocycles. The molecule has 0 unspecified atom stereocenters. The van der Waals surface area contributed by atoms with Crippen LogP contribution >= 0.6 is 15.9 Å². The molecule has 0 radical (unpaired) electrons. The van der Waals surface area contributed by atoms with Crippen LogP contribution in [-0.2, 0) is 6.54 Å². The topological polar surface area (TPSA) is 55.4 Å². The van der Waals surface area contributed by atoms with Crippen molar-refractivity contribution in [3.8, 4) is 0 Å². The Labute approximate surface area is 117 Å². The predicted octanol–water partition coefficient (Wildman–Crippen LogP) is 3.74. The van der Waals surface area contributed by atoms with E-state index in [4.69, 9.17) is 9.52 Å². The average molecular weight is 320 g/mol. The molecule has 3 aromatic rings. The lowest BCUT2D eigenvalue weighted by molar-refractivity contribution is 0.0660. The van der Waals surface area contributed by atoms with Gasteiger partial charge in [-0.25, -0.2) is 4.79 Å². The van der Waals surface area contributed by atoms with Crippen molar-refractivity contribution >= 4 is 32.8 Å². The summed E-state index contributed by atoms with van der Waals surface area (Å²) in [5, 5.41) is 10.1. The van der Waals surface area contributed by atoms with Crippen LogP contribution in [0.4, 0.5) is 0 Å². The fourth-order valence-corrected chi connectivity index (χ4v) is 2.52. The van der Waals surface area contributed by atoms with Crippen molar-refractivity contribution in [2.24, 2.45) is 0 Å². The Morgan fingerprint density at radius 3 is 2.95 bits per heavy atom. The van der Waals surface area contributed by atoms with E-state index in [2.05, 4.69) is 15.9 Å². The third-order valence-electron chi connectivity index (χ3n) is 3.01. The van der Waals surface area contributed by atoms with Gasteiger partial charge < -0.3 is 14.1 Å². The number of aromatic carboxylic acids is 1. The van der Waals surface area contributed by atoms with Crippen LogP contribution in [-0.4, -0.2) is 15.6 Å². The van der Waals surface area contributed by atoms with E-state index in [0.717, 1.165) is 15.4 Å². The van der Waals surface area contributed by atoms with E-state index in [0.29, 0.717) is 12.1 Å². The molecule has 0 bridgehead atoms. The van der Waals surface area contributed by atoms with Gasteiger partial charge in [-0.15, -0.1) is 0 Å². The molecule has 1 aromatic carbocycles. The van der Waals surface area contributed by atoms with Gasteiger partial charge in [-0.05, 0) is 30.3 Å². The first-order valence-corrected chi connectivity index (χ1v) is 6.48. The molecule has 96 valence electrons. The molecular weight excluding hydrogens is 310 g/mol. The van der Waals surface area contributed by atoms with Crippen molar-refractivity contribution in [3.05, 3.63) is 58.6 Å². The molecule has 0 spiro atoms. The quantitative estimate of drug-likeness (QED) is 0.800. The fraction of sp³-hybridized carbons (Fsp3) is 0.0714. The van der Waals surface area contributed by atoms with Gasteiger partial charge in [-0.2, -0.15) is 0 Å². The van der Waals surface area contributed by atoms with E-state index >= 15 is 0 Å². The van der Waals surface area contributed by atoms with Crippen LogP contribution in [0.5, 0.6) is 0 Å². The van der Waals surface area contributed by atoms with E-state index in [9.17, 15) is 4.79 Å². The second-order valence-electron chi connectivity index (χ2n) is 4.23. The first kappa shape index (κ1) is 12.0. The Morgan fingerprint density at radius 2 is 2.16 bits per heavy atom. The summed E-state index contributed by atoms with van der Waals surface area (Å²) in [6.45, 7) is 0.475. The van der Waals surface area contributed by atoms with Crippen molar-refractivity contribution in [1.29, 1.82) is 0 Å². The minimum Gasteiger partial charge on any atom is -0.475 e. The van der Waals surface area contributed by atoms with Crippen molar-refractivity contribution in [2.75, 3.05) is 0 Å². The van der Waals surface area contributed by atoms with Crippen LogP contribution in [0.1, 0.15) is 16.1 Å². The third-order valence-corrected chi connectivity index (χ3v) is 3.51. The van der Waals surface area contributed by atoms with Gasteiger partial charge in [0.15, 0.2) is 0 Å². The van der Waals surface area contributed by atoms with Crippen molar-refractivity contribution in [2.45, 2.75) is 6.54 Å². The SMILES string of the molecule is O=C(O)c1occc1Cn1ccc2cc(Br)ccc21. The van der Waals surface area contributed by atoms with Crippen LogP contribution < -0.4 is 0 Å². The number of hydrogen-bond acceptors (Lipinski definition) is 2. The first-order valence-electron chi connectivity index (χ1n) is 5.69. The van der Waals surface area contributed by atoms with Crippen molar-refractivity contribution in [3.63, 3.8) is 0 Å². The van der Waals surface area contributed by atoms with Gasteiger partial charge in [0.25, 0.3) is 0 Å². The van der Waals surface area contributed by atoms with E-state index in [1.807, 2.05) is 35.0 Å². The zero-order valence-electron chi connectivity index (χ0n) is 9.84. The van der Waals surface area contributed by atoms with E-state index < -0.39 is 5.97 Å². The number of fused-ring (bicyclic) bond motifs is 1. The van der Waals surface area contributed by atoms with Crippen molar-refractivity contribution < 1.29 is 14.3 Å². The largest absolute Gasteiger partial charge is 0.475 e. The molecule has 3 rings (SSSR count). The molecule has 0 atom stereocenters. The number of carboxylic acids is 1. The molecule has 5 heteroatoms. The Bertz CT molecular complexity index is 757. The molecule has 0 amide bonds. The lowest BCUT2D eigenvalue weighted by atomic mass is 10.2. The van der Waals surface area contributed by atoms with E-state index in [1.54, 1.807) is 6.07 Å². The molecule has 0 fully saturated rings. The van der Waals surface area contributed by atoms with Gasteiger partial charge in [0.1, 0.15) is 0 Å². The Morgan fingerprint density at radius 1 is 1.32 bits per heavy atom. The van der Waals surface area contributed by atoms with Gasteiger partial charge in [0.05, 0.1) is 12.8 Å². The highest BCUT2D eigenvalue weighted by Gasteiger charge is 2.14. The monoisotopic (exact) mass is 319 g/mol. The smallest absolute Gasteiger partial charge is 0.372 e. The first-order chi connectivity index (χ1) is 9.15. The summed E-state index contributed by atoms with van der Waals surface area (Å²) >= 11 is 3.43. The molecule has 0 saturated carbocycles. The average Bonchev–Trinajstić information content (AvgIpc) is 2.97. The van der Waals surface area contributed by atoms with E-state index in [1.165, 1.54) is 6.26 Å². The highest BCUT2D eigenvalue weighted by atomic mass is 79.9. The zero-order valence-corrected chi connectivity index (χ0v) is 11.4. The summed E-state index contributed by atoms with van der Waals surface area (Å²) in [7, 11) is 0. The summed E-state index contributed by atoms with van der Waals surface area (Å²) in [4.78, 5) is 11.0. The van der Waals surface area contributed by atoms with Gasteiger partial charge in [-0.3, -0.25) is 0 Å². The lowest BCUT2D eigenvalue weighted by Crippen LogP contribution is -2.03. The minimum atomic E-state index is -1.04. The van der Waals surface area contributed by atoms with Gasteiger partial charge in [0, 0.05) is 27.1 Å². The maximum Gasteiger partial charge on any atom is 0.372 e. The summed E-state index contributed by atoms with van der Waals surface area (Å²) in [6, 6.07) is 9.68. The van der Waals surface area contributed by atoms with Crippen LogP contribution in [0.25, 0.3) is 10.9 Å². The molecule has 0 aliphatic heterocycles. The Balaban J connectivity index is 2.01. The lowest BCUT2D eigenvalue weighted by Gasteiger charge is -2.04. The molecule has 0 aliphatic rings. The molecule has 2 heterocycles. The Hall–Kier alpha value is -2.01. The number of furan rings is 1. The van der Waals surface area contributed by atoms with Gasteiger partial charge in [-0.1, -0.05) is 15.9 Å². The number of carboxylic acid groups (broad SMARTS) is 1. The molecule has 1 N–H and O–H groups in total. The highest BCUT2D eigenvalue weighted by Crippen LogP contribution is 2.22. The van der Waals surface area contributed by atoms with Crippen LogP contribution in [0, 0.1) is 0 Å². The van der Waals surface area contributed by atoms with E-state index in [-0.39, 0.29) is 5.76 Å². The third kappa shape index (κ3) is 2.17. The molecule has 0 saturated heterocycles. The number of carbonyl (C=O) groups is 1. The number of aromatic nitrogens is 1. The maximum atomic E-state index is 11.0. The van der Waals surface area contributed by atoms with Gasteiger partial charge in [0.2, 0.25) is 5.76 Å². The summed E-state index contributed by atoms with van der Waals surface area (Å²) in [5.41, 5.74) is 1.72. The maximum absolute atomic E-state index is 11.0. The molecule has 19 heavy (non-hydrogen) atoms. The van der Waals surface area contributed by atoms with Crippen molar-refractivity contribution in [1.82, 2.24) is 4.57 Å². The minimum absolute atomic E-state index is 0.000961. The summed E-state index contributed by atoms with van der Waals surface area (Å²) in [6.07, 6.45) is 3.34. The summed E-state index contributed by atoms with van der Waals surface area (Å²) < 4.78 is 8.01. The second kappa shape index (κ2) is 4.59. The number of halogens is 1. The number of nitrogens with zero attached hydrogens (tertiary/aromatic N) is 1.